The van der Waals surface area contributed by atoms with Crippen LogP contribution in [0.2, 0.25) is 0 Å². The molecule has 1 aliphatic rings. The van der Waals surface area contributed by atoms with Crippen molar-refractivity contribution in [2.24, 2.45) is 5.73 Å². The molecule has 1 saturated heterocycles. The van der Waals surface area contributed by atoms with Gasteiger partial charge in [-0.05, 0) is 36.2 Å². The number of nitriles is 1. The van der Waals surface area contributed by atoms with Gasteiger partial charge in [0.25, 0.3) is 0 Å². The van der Waals surface area contributed by atoms with Crippen LogP contribution in [-0.4, -0.2) is 42.4 Å². The highest BCUT2D eigenvalue weighted by atomic mass is 16.2. The summed E-state index contributed by atoms with van der Waals surface area (Å²) in [6.07, 6.45) is 0.871. The van der Waals surface area contributed by atoms with E-state index in [0.29, 0.717) is 38.0 Å². The smallest absolute Gasteiger partial charge is 0.242 e. The Morgan fingerprint density at radius 1 is 1.07 bits per heavy atom. The van der Waals surface area contributed by atoms with Crippen LogP contribution in [0.1, 0.15) is 17.5 Å². The maximum absolute atomic E-state index is 12.7. The molecule has 2 N–H and O–H groups in total. The van der Waals surface area contributed by atoms with Crippen molar-refractivity contribution in [2.45, 2.75) is 18.9 Å². The van der Waals surface area contributed by atoms with E-state index in [4.69, 9.17) is 11.0 Å². The minimum absolute atomic E-state index is 0.0733. The number of aryl methyl sites for hydroxylation is 1. The summed E-state index contributed by atoms with van der Waals surface area (Å²) in [5.41, 5.74) is 8.19. The minimum atomic E-state index is -0.632. The number of carbonyl (C=O) groups is 2. The summed E-state index contributed by atoms with van der Waals surface area (Å²) >= 11 is 0. The van der Waals surface area contributed by atoms with Gasteiger partial charge in [0.1, 0.15) is 6.04 Å². The van der Waals surface area contributed by atoms with Crippen molar-refractivity contribution in [1.82, 2.24) is 4.90 Å². The van der Waals surface area contributed by atoms with Gasteiger partial charge in [0.15, 0.2) is 0 Å². The number of primary amides is 1. The second-order valence-corrected chi connectivity index (χ2v) is 6.60. The van der Waals surface area contributed by atoms with Crippen molar-refractivity contribution in [2.75, 3.05) is 24.5 Å². The molecule has 0 saturated carbocycles. The second kappa shape index (κ2) is 8.37. The van der Waals surface area contributed by atoms with Gasteiger partial charge in [0, 0.05) is 31.7 Å². The summed E-state index contributed by atoms with van der Waals surface area (Å²) in [5, 5.41) is 8.84. The molecular weight excluding hydrogens is 340 g/mol. The molecule has 6 nitrogen and oxygen atoms in total. The van der Waals surface area contributed by atoms with Crippen molar-refractivity contribution in [3.63, 3.8) is 0 Å². The Morgan fingerprint density at radius 2 is 1.78 bits per heavy atom. The highest BCUT2D eigenvalue weighted by Gasteiger charge is 2.33. The van der Waals surface area contributed by atoms with Crippen LogP contribution in [0.25, 0.3) is 0 Å². The lowest BCUT2D eigenvalue weighted by Gasteiger charge is -2.41. The number of benzene rings is 2. The van der Waals surface area contributed by atoms with Crippen molar-refractivity contribution in [3.8, 4) is 6.07 Å². The normalized spacial score (nSPS) is 16.6. The van der Waals surface area contributed by atoms with Crippen molar-refractivity contribution in [1.29, 1.82) is 5.26 Å². The van der Waals surface area contributed by atoms with Gasteiger partial charge >= 0.3 is 0 Å². The van der Waals surface area contributed by atoms with Crippen LogP contribution in [0.15, 0.2) is 54.6 Å². The van der Waals surface area contributed by atoms with Gasteiger partial charge in [-0.3, -0.25) is 9.59 Å². The lowest BCUT2D eigenvalue weighted by molar-refractivity contribution is -0.139. The van der Waals surface area contributed by atoms with Crippen LogP contribution < -0.4 is 10.6 Å². The zero-order valence-electron chi connectivity index (χ0n) is 15.0. The Balaban J connectivity index is 1.63. The van der Waals surface area contributed by atoms with Crippen LogP contribution >= 0.6 is 0 Å². The van der Waals surface area contributed by atoms with Gasteiger partial charge in [0.05, 0.1) is 11.6 Å². The number of anilines is 1. The monoisotopic (exact) mass is 362 g/mol. The molecular formula is C21H22N4O2. The maximum atomic E-state index is 12.7. The van der Waals surface area contributed by atoms with E-state index >= 15 is 0 Å². The molecule has 2 aromatic rings. The second-order valence-electron chi connectivity index (χ2n) is 6.60. The van der Waals surface area contributed by atoms with Crippen LogP contribution in [0.4, 0.5) is 5.69 Å². The lowest BCUT2D eigenvalue weighted by Crippen LogP contribution is -2.60. The van der Waals surface area contributed by atoms with Crippen LogP contribution in [0.3, 0.4) is 0 Å². The SMILES string of the molecule is N#Cc1ccc(CCC(=O)N2CCN(c3ccccc3)CC2C(N)=O)cc1. The number of hydrogen-bond donors (Lipinski definition) is 1. The molecule has 1 fully saturated rings. The standard InChI is InChI=1S/C21H22N4O2/c22-14-17-8-6-16(7-9-17)10-11-20(26)25-13-12-24(15-19(25)21(23)27)18-4-2-1-3-5-18/h1-9,19H,10-13,15H2,(H2,23,27). The maximum Gasteiger partial charge on any atom is 0.242 e. The van der Waals surface area contributed by atoms with Gasteiger partial charge in [0.2, 0.25) is 11.8 Å². The number of nitrogens with zero attached hydrogens (tertiary/aromatic N) is 3. The largest absolute Gasteiger partial charge is 0.368 e. The van der Waals surface area contributed by atoms with E-state index in [1.54, 1.807) is 17.0 Å². The highest BCUT2D eigenvalue weighted by Crippen LogP contribution is 2.20. The van der Waals surface area contributed by atoms with E-state index in [-0.39, 0.29) is 5.91 Å². The van der Waals surface area contributed by atoms with Gasteiger partial charge in [-0.25, -0.2) is 0 Å². The third-order valence-electron chi connectivity index (χ3n) is 4.86. The molecule has 2 aromatic carbocycles. The fourth-order valence-electron chi connectivity index (χ4n) is 3.34. The van der Waals surface area contributed by atoms with Crippen LogP contribution in [0, 0.1) is 11.3 Å². The summed E-state index contributed by atoms with van der Waals surface area (Å²) in [6.45, 7) is 1.53. The quantitative estimate of drug-likeness (QED) is 0.876. The first-order valence-electron chi connectivity index (χ1n) is 8.96. The molecule has 6 heteroatoms. The van der Waals surface area contributed by atoms with Gasteiger partial charge in [-0.2, -0.15) is 5.26 Å². The predicted molar refractivity (Wildman–Crippen MR) is 103 cm³/mol. The van der Waals surface area contributed by atoms with E-state index in [2.05, 4.69) is 11.0 Å². The molecule has 0 aliphatic carbocycles. The summed E-state index contributed by atoms with van der Waals surface area (Å²) < 4.78 is 0. The number of nitrogens with two attached hydrogens (primary N) is 1. The molecule has 2 amide bonds. The highest BCUT2D eigenvalue weighted by molar-refractivity contribution is 5.87. The van der Waals surface area contributed by atoms with Crippen LogP contribution in [-0.2, 0) is 16.0 Å². The summed E-state index contributed by atoms with van der Waals surface area (Å²) in [7, 11) is 0. The Kier molecular flexibility index (Phi) is 5.72. The zero-order valence-corrected chi connectivity index (χ0v) is 15.0. The fraction of sp³-hybridized carbons (Fsp3) is 0.286. The number of rotatable bonds is 5. The summed E-state index contributed by atoms with van der Waals surface area (Å²) in [5.74, 6) is -0.557. The third-order valence-corrected chi connectivity index (χ3v) is 4.86. The van der Waals surface area contributed by atoms with E-state index in [9.17, 15) is 9.59 Å². The van der Waals surface area contributed by atoms with Crippen LogP contribution in [0.5, 0.6) is 0 Å². The zero-order chi connectivity index (χ0) is 19.2. The average Bonchev–Trinajstić information content (AvgIpc) is 2.72. The Bertz CT molecular complexity index is 843. The average molecular weight is 362 g/mol. The fourth-order valence-corrected chi connectivity index (χ4v) is 3.34. The van der Waals surface area contributed by atoms with Crippen molar-refractivity contribution >= 4 is 17.5 Å². The summed E-state index contributed by atoms with van der Waals surface area (Å²) in [4.78, 5) is 28.3. The van der Waals surface area contributed by atoms with E-state index in [0.717, 1.165) is 11.3 Å². The van der Waals surface area contributed by atoms with E-state index < -0.39 is 11.9 Å². The number of carbonyl (C=O) groups excluding carboxylic acids is 2. The molecule has 27 heavy (non-hydrogen) atoms. The molecule has 1 unspecified atom stereocenters. The molecule has 0 radical (unpaired) electrons. The van der Waals surface area contributed by atoms with E-state index in [1.165, 1.54) is 0 Å². The first-order valence-corrected chi connectivity index (χ1v) is 8.96. The van der Waals surface area contributed by atoms with Gasteiger partial charge in [-0.1, -0.05) is 30.3 Å². The number of amides is 2. The Hall–Kier alpha value is -3.33. The number of piperazine rings is 1. The molecule has 1 heterocycles. The molecule has 0 bridgehead atoms. The topological polar surface area (TPSA) is 90.4 Å². The molecule has 3 rings (SSSR count). The Labute approximate surface area is 158 Å². The van der Waals surface area contributed by atoms with Crippen molar-refractivity contribution in [3.05, 3.63) is 65.7 Å². The first-order chi connectivity index (χ1) is 13.1. The number of para-hydroxylation sites is 1. The summed E-state index contributed by atoms with van der Waals surface area (Å²) in [6, 6.07) is 18.4. The molecule has 0 aromatic heterocycles. The third kappa shape index (κ3) is 4.45. The molecule has 0 spiro atoms. The minimum Gasteiger partial charge on any atom is -0.368 e. The molecule has 1 aliphatic heterocycles. The van der Waals surface area contributed by atoms with E-state index in [1.807, 2.05) is 42.5 Å². The first kappa shape index (κ1) is 18.5. The van der Waals surface area contributed by atoms with Gasteiger partial charge in [-0.15, -0.1) is 0 Å². The molecule has 1 atom stereocenters. The Morgan fingerprint density at radius 3 is 2.41 bits per heavy atom. The van der Waals surface area contributed by atoms with Gasteiger partial charge < -0.3 is 15.5 Å². The lowest BCUT2D eigenvalue weighted by atomic mass is 10.1. The predicted octanol–water partition coefficient (Wildman–Crippen LogP) is 1.69. The van der Waals surface area contributed by atoms with Crippen molar-refractivity contribution < 1.29 is 9.59 Å². The molecule has 138 valence electrons. The number of hydrogen-bond acceptors (Lipinski definition) is 4.